The van der Waals surface area contributed by atoms with Gasteiger partial charge in [0.2, 0.25) is 0 Å². The Morgan fingerprint density at radius 2 is 2.00 bits per heavy atom. The molecule has 1 aromatic heterocycles. The van der Waals surface area contributed by atoms with Crippen molar-refractivity contribution >= 4 is 40.8 Å². The predicted molar refractivity (Wildman–Crippen MR) is 102 cm³/mol. The third-order valence-electron chi connectivity index (χ3n) is 3.26. The number of halogens is 1. The lowest BCUT2D eigenvalue weighted by atomic mass is 10.1. The lowest BCUT2D eigenvalue weighted by molar-refractivity contribution is 0.614. The van der Waals surface area contributed by atoms with Crippen molar-refractivity contribution in [3.05, 3.63) is 36.0 Å². The molecule has 1 aromatic carbocycles. The van der Waals surface area contributed by atoms with Crippen LogP contribution in [-0.2, 0) is 6.42 Å². The Hall–Kier alpha value is -1.24. The molecule has 0 saturated carbocycles. The molecule has 116 valence electrons. The van der Waals surface area contributed by atoms with Crippen LogP contribution in [-0.4, -0.2) is 31.1 Å². The van der Waals surface area contributed by atoms with Crippen molar-refractivity contribution in [1.82, 2.24) is 15.6 Å². The van der Waals surface area contributed by atoms with Gasteiger partial charge in [-0.1, -0.05) is 32.0 Å². The minimum Gasteiger partial charge on any atom is -0.361 e. The highest BCUT2D eigenvalue weighted by molar-refractivity contribution is 14.0. The fourth-order valence-electron chi connectivity index (χ4n) is 2.18. The molecule has 0 aliphatic heterocycles. The second-order valence-electron chi connectivity index (χ2n) is 5.38. The first-order valence-electron chi connectivity index (χ1n) is 7.20. The van der Waals surface area contributed by atoms with Crippen LogP contribution in [0.1, 0.15) is 19.4 Å². The van der Waals surface area contributed by atoms with Crippen molar-refractivity contribution in [3.63, 3.8) is 0 Å². The summed E-state index contributed by atoms with van der Waals surface area (Å²) in [6.45, 7) is 6.19. The molecule has 5 heteroatoms. The maximum atomic E-state index is 4.23. The van der Waals surface area contributed by atoms with Crippen LogP contribution in [0.2, 0.25) is 0 Å². The number of H-pyrrole nitrogens is 1. The van der Waals surface area contributed by atoms with Crippen molar-refractivity contribution in [1.29, 1.82) is 0 Å². The number of nitrogens with one attached hydrogen (secondary N) is 3. The van der Waals surface area contributed by atoms with Crippen molar-refractivity contribution in [2.24, 2.45) is 10.9 Å². The Morgan fingerprint density at radius 3 is 2.71 bits per heavy atom. The van der Waals surface area contributed by atoms with Gasteiger partial charge in [-0.25, -0.2) is 0 Å². The fourth-order valence-corrected chi connectivity index (χ4v) is 2.18. The number of aromatic amines is 1. The summed E-state index contributed by atoms with van der Waals surface area (Å²) >= 11 is 0. The number of para-hydroxylation sites is 1. The summed E-state index contributed by atoms with van der Waals surface area (Å²) in [5.41, 5.74) is 2.54. The molecule has 0 saturated heterocycles. The lowest BCUT2D eigenvalue weighted by Gasteiger charge is -2.13. The van der Waals surface area contributed by atoms with Gasteiger partial charge in [0, 0.05) is 37.2 Å². The van der Waals surface area contributed by atoms with Gasteiger partial charge in [0.25, 0.3) is 0 Å². The molecule has 0 bridgehead atoms. The monoisotopic (exact) mass is 400 g/mol. The van der Waals surface area contributed by atoms with E-state index in [1.165, 1.54) is 16.5 Å². The number of aromatic nitrogens is 1. The van der Waals surface area contributed by atoms with Gasteiger partial charge in [-0.05, 0) is 24.0 Å². The molecule has 0 aliphatic carbocycles. The SMILES string of the molecule is CN=C(NCCc1c[nH]c2ccccc12)NCC(C)C.I. The summed E-state index contributed by atoms with van der Waals surface area (Å²) in [4.78, 5) is 7.53. The summed E-state index contributed by atoms with van der Waals surface area (Å²) in [5, 5.41) is 7.97. The number of rotatable bonds is 5. The highest BCUT2D eigenvalue weighted by Crippen LogP contribution is 2.17. The minimum absolute atomic E-state index is 0. The van der Waals surface area contributed by atoms with Crippen LogP contribution in [0.3, 0.4) is 0 Å². The van der Waals surface area contributed by atoms with E-state index in [0.717, 1.165) is 25.5 Å². The van der Waals surface area contributed by atoms with Crippen molar-refractivity contribution in [2.45, 2.75) is 20.3 Å². The summed E-state index contributed by atoms with van der Waals surface area (Å²) in [5.74, 6) is 1.49. The first-order valence-corrected chi connectivity index (χ1v) is 7.20. The van der Waals surface area contributed by atoms with E-state index in [0.29, 0.717) is 5.92 Å². The molecular weight excluding hydrogens is 375 g/mol. The van der Waals surface area contributed by atoms with Crippen LogP contribution >= 0.6 is 24.0 Å². The molecule has 4 nitrogen and oxygen atoms in total. The van der Waals surface area contributed by atoms with Crippen LogP contribution in [0.15, 0.2) is 35.5 Å². The van der Waals surface area contributed by atoms with Crippen LogP contribution in [0.25, 0.3) is 10.9 Å². The van der Waals surface area contributed by atoms with Gasteiger partial charge in [-0.15, -0.1) is 24.0 Å². The topological polar surface area (TPSA) is 52.2 Å². The summed E-state index contributed by atoms with van der Waals surface area (Å²) in [7, 11) is 1.81. The molecule has 0 unspecified atom stereocenters. The Balaban J connectivity index is 0.00000220. The summed E-state index contributed by atoms with van der Waals surface area (Å²) < 4.78 is 0. The number of fused-ring (bicyclic) bond motifs is 1. The first kappa shape index (κ1) is 17.8. The average molecular weight is 400 g/mol. The van der Waals surface area contributed by atoms with Crippen LogP contribution in [0.5, 0.6) is 0 Å². The van der Waals surface area contributed by atoms with Crippen molar-refractivity contribution in [3.8, 4) is 0 Å². The quantitative estimate of drug-likeness (QED) is 0.410. The summed E-state index contributed by atoms with van der Waals surface area (Å²) in [6.07, 6.45) is 3.07. The molecule has 0 aliphatic rings. The Morgan fingerprint density at radius 1 is 1.24 bits per heavy atom. The molecule has 2 aromatic rings. The van der Waals surface area contributed by atoms with Crippen molar-refractivity contribution < 1.29 is 0 Å². The maximum Gasteiger partial charge on any atom is 0.190 e. The highest BCUT2D eigenvalue weighted by Gasteiger charge is 2.03. The van der Waals surface area contributed by atoms with E-state index >= 15 is 0 Å². The molecule has 21 heavy (non-hydrogen) atoms. The van der Waals surface area contributed by atoms with Gasteiger partial charge in [-0.3, -0.25) is 4.99 Å². The van der Waals surface area contributed by atoms with E-state index in [-0.39, 0.29) is 24.0 Å². The van der Waals surface area contributed by atoms with Gasteiger partial charge >= 0.3 is 0 Å². The van der Waals surface area contributed by atoms with E-state index in [2.05, 4.69) is 64.9 Å². The largest absolute Gasteiger partial charge is 0.361 e. The van der Waals surface area contributed by atoms with Gasteiger partial charge < -0.3 is 15.6 Å². The summed E-state index contributed by atoms with van der Waals surface area (Å²) in [6, 6.07) is 8.40. The third kappa shape index (κ3) is 5.22. The number of guanidine groups is 1. The average Bonchev–Trinajstić information content (AvgIpc) is 2.86. The van der Waals surface area contributed by atoms with E-state index in [9.17, 15) is 0 Å². The molecule has 0 spiro atoms. The molecule has 0 amide bonds. The number of aliphatic imine (C=N–C) groups is 1. The fraction of sp³-hybridized carbons (Fsp3) is 0.438. The molecule has 0 radical (unpaired) electrons. The highest BCUT2D eigenvalue weighted by atomic mass is 127. The van der Waals surface area contributed by atoms with E-state index < -0.39 is 0 Å². The molecule has 2 rings (SSSR count). The van der Waals surface area contributed by atoms with Gasteiger partial charge in [0.05, 0.1) is 0 Å². The van der Waals surface area contributed by atoms with E-state index in [1.807, 2.05) is 0 Å². The van der Waals surface area contributed by atoms with Crippen LogP contribution < -0.4 is 10.6 Å². The van der Waals surface area contributed by atoms with E-state index in [4.69, 9.17) is 0 Å². The van der Waals surface area contributed by atoms with Crippen molar-refractivity contribution in [2.75, 3.05) is 20.1 Å². The molecular formula is C16H25IN4. The Bertz CT molecular complexity index is 574. The van der Waals surface area contributed by atoms with Gasteiger partial charge in [0.1, 0.15) is 0 Å². The molecule has 3 N–H and O–H groups in total. The molecule has 0 fully saturated rings. The smallest absolute Gasteiger partial charge is 0.190 e. The number of benzene rings is 1. The molecule has 0 atom stereocenters. The number of hydrogen-bond donors (Lipinski definition) is 3. The Kier molecular flexibility index (Phi) is 7.56. The second kappa shape index (κ2) is 8.92. The van der Waals surface area contributed by atoms with Crippen LogP contribution in [0, 0.1) is 5.92 Å². The first-order chi connectivity index (χ1) is 9.70. The van der Waals surface area contributed by atoms with E-state index in [1.54, 1.807) is 7.05 Å². The third-order valence-corrected chi connectivity index (χ3v) is 3.26. The normalized spacial score (nSPS) is 11.5. The van der Waals surface area contributed by atoms with Gasteiger partial charge in [-0.2, -0.15) is 0 Å². The maximum absolute atomic E-state index is 4.23. The minimum atomic E-state index is 0. The number of nitrogens with zero attached hydrogens (tertiary/aromatic N) is 1. The molecule has 1 heterocycles. The lowest BCUT2D eigenvalue weighted by Crippen LogP contribution is -2.39. The van der Waals surface area contributed by atoms with Gasteiger partial charge in [0.15, 0.2) is 5.96 Å². The predicted octanol–water partition coefficient (Wildman–Crippen LogP) is 3.15. The standard InChI is InChI=1S/C16H24N4.HI/c1-12(2)10-20-16(17-3)18-9-8-13-11-19-15-7-5-4-6-14(13)15;/h4-7,11-12,19H,8-10H2,1-3H3,(H2,17,18,20);1H. The zero-order chi connectivity index (χ0) is 14.4. The zero-order valence-corrected chi connectivity index (χ0v) is 15.3. The zero-order valence-electron chi connectivity index (χ0n) is 12.9. The Labute approximate surface area is 143 Å². The van der Waals surface area contributed by atoms with Crippen LogP contribution in [0.4, 0.5) is 0 Å². The second-order valence-corrected chi connectivity index (χ2v) is 5.38. The number of hydrogen-bond acceptors (Lipinski definition) is 1.